The van der Waals surface area contributed by atoms with Crippen molar-refractivity contribution in [2.45, 2.75) is 60.3 Å². The predicted octanol–water partition coefficient (Wildman–Crippen LogP) is 4.91. The van der Waals surface area contributed by atoms with Crippen LogP contribution < -0.4 is 4.74 Å². The topological polar surface area (TPSA) is 63.6 Å². The Balaban J connectivity index is 2.65. The zero-order chi connectivity index (χ0) is 18.6. The second kappa shape index (κ2) is 7.87. The minimum absolute atomic E-state index is 0.163. The Kier molecular flexibility index (Phi) is 6.88. The van der Waals surface area contributed by atoms with Crippen molar-refractivity contribution in [3.63, 3.8) is 0 Å². The van der Waals surface area contributed by atoms with E-state index in [1.54, 1.807) is 0 Å². The van der Waals surface area contributed by atoms with Crippen molar-refractivity contribution in [2.24, 2.45) is 10.8 Å². The van der Waals surface area contributed by atoms with E-state index >= 15 is 0 Å². The maximum Gasteiger partial charge on any atom is 0.264 e. The molecule has 138 valence electrons. The van der Waals surface area contributed by atoms with Gasteiger partial charge in [0.15, 0.2) is 0 Å². The van der Waals surface area contributed by atoms with Gasteiger partial charge < -0.3 is 4.74 Å². The van der Waals surface area contributed by atoms with Crippen LogP contribution in [0.15, 0.2) is 24.3 Å². The SMILES string of the molecule is CC(C)(C)C(c1ccc(OCCCCS(=O)(=O)O)cc1)C(C)(C)C. The molecule has 0 heterocycles. The van der Waals surface area contributed by atoms with Gasteiger partial charge in [0, 0.05) is 0 Å². The first kappa shape index (κ1) is 21.0. The highest BCUT2D eigenvalue weighted by atomic mass is 32.2. The molecule has 0 saturated heterocycles. The molecule has 1 aromatic carbocycles. The van der Waals surface area contributed by atoms with Crippen LogP contribution in [0.4, 0.5) is 0 Å². The molecule has 0 aliphatic carbocycles. The van der Waals surface area contributed by atoms with Crippen LogP contribution >= 0.6 is 0 Å². The van der Waals surface area contributed by atoms with Crippen LogP contribution in [0.3, 0.4) is 0 Å². The van der Waals surface area contributed by atoms with E-state index in [0.29, 0.717) is 25.4 Å². The summed E-state index contributed by atoms with van der Waals surface area (Å²) in [6.07, 6.45) is 0.987. The van der Waals surface area contributed by atoms with Gasteiger partial charge in [-0.3, -0.25) is 4.55 Å². The molecule has 5 heteroatoms. The lowest BCUT2D eigenvalue weighted by molar-refractivity contribution is 0.176. The predicted molar refractivity (Wildman–Crippen MR) is 99.2 cm³/mol. The molecular formula is C19H32O4S. The third-order valence-electron chi connectivity index (χ3n) is 4.01. The van der Waals surface area contributed by atoms with E-state index in [2.05, 4.69) is 53.7 Å². The molecular weight excluding hydrogens is 324 g/mol. The molecule has 1 aromatic rings. The number of unbranched alkanes of at least 4 members (excludes halogenated alkanes) is 1. The molecule has 0 unspecified atom stereocenters. The molecule has 0 fully saturated rings. The van der Waals surface area contributed by atoms with Gasteiger partial charge >= 0.3 is 0 Å². The van der Waals surface area contributed by atoms with E-state index in [1.807, 2.05) is 12.1 Å². The lowest BCUT2D eigenvalue weighted by atomic mass is 9.64. The van der Waals surface area contributed by atoms with Gasteiger partial charge in [-0.05, 0) is 47.3 Å². The van der Waals surface area contributed by atoms with Gasteiger partial charge in [-0.15, -0.1) is 0 Å². The summed E-state index contributed by atoms with van der Waals surface area (Å²) in [5.41, 5.74) is 1.63. The van der Waals surface area contributed by atoms with Crippen molar-refractivity contribution in [1.82, 2.24) is 0 Å². The van der Waals surface area contributed by atoms with Crippen molar-refractivity contribution in [2.75, 3.05) is 12.4 Å². The largest absolute Gasteiger partial charge is 0.494 e. The Morgan fingerprint density at radius 2 is 1.46 bits per heavy atom. The van der Waals surface area contributed by atoms with E-state index in [9.17, 15) is 8.42 Å². The number of ether oxygens (including phenoxy) is 1. The summed E-state index contributed by atoms with van der Waals surface area (Å²) in [4.78, 5) is 0. The Bertz CT molecular complexity index is 590. The van der Waals surface area contributed by atoms with Crippen molar-refractivity contribution >= 4 is 10.1 Å². The zero-order valence-electron chi connectivity index (χ0n) is 15.8. The second-order valence-corrected chi connectivity index (χ2v) is 10.1. The monoisotopic (exact) mass is 356 g/mol. The lowest BCUT2D eigenvalue weighted by Crippen LogP contribution is -2.30. The molecule has 0 aliphatic rings. The first-order valence-electron chi connectivity index (χ1n) is 8.48. The van der Waals surface area contributed by atoms with Gasteiger partial charge in [0.2, 0.25) is 0 Å². The summed E-state index contributed by atoms with van der Waals surface area (Å²) in [7, 11) is -3.87. The van der Waals surface area contributed by atoms with Gasteiger partial charge in [0.1, 0.15) is 5.75 Å². The van der Waals surface area contributed by atoms with Gasteiger partial charge in [-0.1, -0.05) is 53.7 Å². The standard InChI is InChI=1S/C19H32O4S/c1-18(2,3)17(19(4,5)6)15-9-11-16(12-10-15)23-13-7-8-14-24(20,21)22/h9-12,17H,7-8,13-14H2,1-6H3,(H,20,21,22). The van der Waals surface area contributed by atoms with E-state index < -0.39 is 10.1 Å². The minimum atomic E-state index is -3.87. The second-order valence-electron chi connectivity index (χ2n) is 8.58. The van der Waals surface area contributed by atoms with Crippen molar-refractivity contribution in [3.8, 4) is 5.75 Å². The molecule has 1 rings (SSSR count). The van der Waals surface area contributed by atoms with Gasteiger partial charge in [0.05, 0.1) is 12.4 Å². The van der Waals surface area contributed by atoms with Gasteiger partial charge in [-0.2, -0.15) is 8.42 Å². The molecule has 4 nitrogen and oxygen atoms in total. The summed E-state index contributed by atoms with van der Waals surface area (Å²) in [6, 6.07) is 8.19. The minimum Gasteiger partial charge on any atom is -0.494 e. The van der Waals surface area contributed by atoms with Crippen molar-refractivity contribution < 1.29 is 17.7 Å². The lowest BCUT2D eigenvalue weighted by Gasteiger charge is -2.41. The molecule has 0 atom stereocenters. The zero-order valence-corrected chi connectivity index (χ0v) is 16.6. The highest BCUT2D eigenvalue weighted by Crippen LogP contribution is 2.47. The average Bonchev–Trinajstić information content (AvgIpc) is 2.35. The van der Waals surface area contributed by atoms with Crippen LogP contribution in [0.2, 0.25) is 0 Å². The first-order chi connectivity index (χ1) is 10.8. The summed E-state index contributed by atoms with van der Waals surface area (Å²) >= 11 is 0. The Morgan fingerprint density at radius 3 is 1.88 bits per heavy atom. The molecule has 0 radical (unpaired) electrons. The fraction of sp³-hybridized carbons (Fsp3) is 0.684. The fourth-order valence-electron chi connectivity index (χ4n) is 3.63. The van der Waals surface area contributed by atoms with E-state index in [1.165, 1.54) is 5.56 Å². The maximum atomic E-state index is 10.6. The average molecular weight is 357 g/mol. The summed E-state index contributed by atoms with van der Waals surface area (Å²) in [5, 5.41) is 0. The molecule has 0 bridgehead atoms. The van der Waals surface area contributed by atoms with Crippen molar-refractivity contribution in [1.29, 1.82) is 0 Å². The Hall–Kier alpha value is -1.07. The summed E-state index contributed by atoms with van der Waals surface area (Å²) in [6.45, 7) is 14.0. The van der Waals surface area contributed by atoms with E-state index in [0.717, 1.165) is 5.75 Å². The molecule has 0 aromatic heterocycles. The molecule has 0 aliphatic heterocycles. The van der Waals surface area contributed by atoms with Crippen LogP contribution in [0, 0.1) is 10.8 Å². The van der Waals surface area contributed by atoms with Gasteiger partial charge in [-0.25, -0.2) is 0 Å². The summed E-state index contributed by atoms with van der Waals surface area (Å²) < 4.78 is 35.6. The van der Waals surface area contributed by atoms with Crippen LogP contribution in [-0.2, 0) is 10.1 Å². The number of benzene rings is 1. The maximum absolute atomic E-state index is 10.6. The third-order valence-corrected chi connectivity index (χ3v) is 4.82. The summed E-state index contributed by atoms with van der Waals surface area (Å²) in [5.74, 6) is 0.995. The highest BCUT2D eigenvalue weighted by molar-refractivity contribution is 7.85. The van der Waals surface area contributed by atoms with Crippen molar-refractivity contribution in [3.05, 3.63) is 29.8 Å². The van der Waals surface area contributed by atoms with Crippen LogP contribution in [0.1, 0.15) is 65.9 Å². The van der Waals surface area contributed by atoms with Crippen LogP contribution in [-0.4, -0.2) is 25.3 Å². The van der Waals surface area contributed by atoms with E-state index in [-0.39, 0.29) is 16.6 Å². The number of rotatable bonds is 7. The Labute approximate surface area is 147 Å². The molecule has 1 N–H and O–H groups in total. The number of hydrogen-bond donors (Lipinski definition) is 1. The highest BCUT2D eigenvalue weighted by Gasteiger charge is 2.35. The quantitative estimate of drug-likeness (QED) is 0.557. The number of hydrogen-bond acceptors (Lipinski definition) is 3. The molecule has 0 spiro atoms. The molecule has 0 amide bonds. The van der Waals surface area contributed by atoms with E-state index in [4.69, 9.17) is 9.29 Å². The Morgan fingerprint density at radius 1 is 0.958 bits per heavy atom. The smallest absolute Gasteiger partial charge is 0.264 e. The normalized spacial score (nSPS) is 13.3. The van der Waals surface area contributed by atoms with Gasteiger partial charge in [0.25, 0.3) is 10.1 Å². The third kappa shape index (κ3) is 7.22. The fourth-order valence-corrected chi connectivity index (χ4v) is 4.20. The van der Waals surface area contributed by atoms with Crippen LogP contribution in [0.25, 0.3) is 0 Å². The molecule has 0 saturated carbocycles. The van der Waals surface area contributed by atoms with Crippen LogP contribution in [0.5, 0.6) is 5.75 Å². The molecule has 24 heavy (non-hydrogen) atoms. The first-order valence-corrected chi connectivity index (χ1v) is 10.1.